The summed E-state index contributed by atoms with van der Waals surface area (Å²) in [6, 6.07) is 5.26. The largest absolute Gasteiger partial charge is 0.497 e. The van der Waals surface area contributed by atoms with Crippen LogP contribution in [0.15, 0.2) is 18.2 Å². The zero-order valence-electron chi connectivity index (χ0n) is 12.9. The van der Waals surface area contributed by atoms with E-state index in [9.17, 15) is 4.79 Å². The highest BCUT2D eigenvalue weighted by molar-refractivity contribution is 5.93. The molecule has 21 heavy (non-hydrogen) atoms. The number of anilines is 2. The Bertz CT molecular complexity index is 486. The highest BCUT2D eigenvalue weighted by Gasteiger charge is 2.22. The molecule has 0 saturated heterocycles. The molecule has 0 aliphatic heterocycles. The lowest BCUT2D eigenvalue weighted by atomic mass is 10.2. The topological polar surface area (TPSA) is 67.6 Å². The molecule has 1 aromatic carbocycles. The van der Waals surface area contributed by atoms with E-state index in [4.69, 9.17) is 10.5 Å². The molecule has 1 amide bonds. The van der Waals surface area contributed by atoms with Gasteiger partial charge in [0.15, 0.2) is 0 Å². The molecule has 1 aromatic rings. The smallest absolute Gasteiger partial charge is 0.224 e. The summed E-state index contributed by atoms with van der Waals surface area (Å²) in [5.74, 6) is 1.59. The van der Waals surface area contributed by atoms with Gasteiger partial charge in [-0.05, 0) is 50.9 Å². The number of carbonyl (C=O) groups excluding carboxylic acids is 1. The monoisotopic (exact) mass is 291 g/mol. The first-order valence-electron chi connectivity index (χ1n) is 7.50. The van der Waals surface area contributed by atoms with Gasteiger partial charge < -0.3 is 20.7 Å². The number of nitrogens with zero attached hydrogens (tertiary/aromatic N) is 1. The summed E-state index contributed by atoms with van der Waals surface area (Å²) in [7, 11) is 3.71. The predicted molar refractivity (Wildman–Crippen MR) is 85.5 cm³/mol. The number of amides is 1. The molecule has 1 saturated carbocycles. The highest BCUT2D eigenvalue weighted by Crippen LogP contribution is 2.29. The molecule has 116 valence electrons. The SMILES string of the molecule is COc1ccc(NC(=O)CCCN(C)CC2CC2)c(N)c1. The van der Waals surface area contributed by atoms with Crippen molar-refractivity contribution < 1.29 is 9.53 Å². The minimum absolute atomic E-state index is 0.00619. The van der Waals surface area contributed by atoms with Gasteiger partial charge in [0.2, 0.25) is 5.91 Å². The van der Waals surface area contributed by atoms with Gasteiger partial charge in [0.25, 0.3) is 0 Å². The van der Waals surface area contributed by atoms with Gasteiger partial charge in [-0.3, -0.25) is 4.79 Å². The Morgan fingerprint density at radius 3 is 2.86 bits per heavy atom. The van der Waals surface area contributed by atoms with E-state index in [1.54, 1.807) is 25.3 Å². The minimum Gasteiger partial charge on any atom is -0.497 e. The maximum absolute atomic E-state index is 11.9. The third-order valence-corrected chi connectivity index (χ3v) is 3.74. The average Bonchev–Trinajstić information content (AvgIpc) is 3.25. The third-order valence-electron chi connectivity index (χ3n) is 3.74. The number of hydrogen-bond donors (Lipinski definition) is 2. The number of nitrogens with two attached hydrogens (primary N) is 1. The molecule has 0 spiro atoms. The molecule has 3 N–H and O–H groups in total. The quantitative estimate of drug-likeness (QED) is 0.721. The van der Waals surface area contributed by atoms with E-state index in [0.717, 1.165) is 25.4 Å². The molecule has 1 fully saturated rings. The van der Waals surface area contributed by atoms with E-state index in [0.29, 0.717) is 23.5 Å². The second-order valence-electron chi connectivity index (χ2n) is 5.81. The van der Waals surface area contributed by atoms with Crippen LogP contribution in [0, 0.1) is 5.92 Å². The van der Waals surface area contributed by atoms with Crippen molar-refractivity contribution in [2.24, 2.45) is 5.92 Å². The van der Waals surface area contributed by atoms with Crippen molar-refractivity contribution in [1.29, 1.82) is 0 Å². The molecule has 5 nitrogen and oxygen atoms in total. The summed E-state index contributed by atoms with van der Waals surface area (Å²) in [6.07, 6.45) is 4.11. The fourth-order valence-corrected chi connectivity index (χ4v) is 2.34. The molecule has 0 aromatic heterocycles. The van der Waals surface area contributed by atoms with Crippen molar-refractivity contribution in [3.63, 3.8) is 0 Å². The van der Waals surface area contributed by atoms with E-state index in [1.165, 1.54) is 12.8 Å². The number of nitrogen functional groups attached to an aromatic ring is 1. The number of hydrogen-bond acceptors (Lipinski definition) is 4. The van der Waals surface area contributed by atoms with Gasteiger partial charge in [-0.2, -0.15) is 0 Å². The van der Waals surface area contributed by atoms with Crippen molar-refractivity contribution >= 4 is 17.3 Å². The van der Waals surface area contributed by atoms with Gasteiger partial charge in [-0.25, -0.2) is 0 Å². The molecule has 2 rings (SSSR count). The number of carbonyl (C=O) groups is 1. The molecular formula is C16H25N3O2. The van der Waals surface area contributed by atoms with Crippen LogP contribution in [0.25, 0.3) is 0 Å². The Labute approximate surface area is 126 Å². The summed E-state index contributed by atoms with van der Waals surface area (Å²) in [5.41, 5.74) is 7.05. The standard InChI is InChI=1S/C16H25N3O2/c1-19(11-12-5-6-12)9-3-4-16(20)18-15-8-7-13(21-2)10-14(15)17/h7-8,10,12H,3-6,9,11,17H2,1-2H3,(H,18,20). The lowest BCUT2D eigenvalue weighted by Gasteiger charge is -2.15. The molecule has 1 aliphatic rings. The van der Waals surface area contributed by atoms with Crippen LogP contribution in [-0.4, -0.2) is 38.1 Å². The van der Waals surface area contributed by atoms with E-state index in [1.807, 2.05) is 0 Å². The third kappa shape index (κ3) is 5.27. The first-order chi connectivity index (χ1) is 10.1. The van der Waals surface area contributed by atoms with Crippen molar-refractivity contribution in [2.45, 2.75) is 25.7 Å². The maximum atomic E-state index is 11.9. The first kappa shape index (κ1) is 15.6. The van der Waals surface area contributed by atoms with E-state index in [2.05, 4.69) is 17.3 Å². The van der Waals surface area contributed by atoms with Crippen LogP contribution >= 0.6 is 0 Å². The Hall–Kier alpha value is -1.75. The van der Waals surface area contributed by atoms with E-state index >= 15 is 0 Å². The Kier molecular flexibility index (Phi) is 5.44. The number of rotatable bonds is 8. The van der Waals surface area contributed by atoms with Gasteiger partial charge in [0, 0.05) is 19.0 Å². The Morgan fingerprint density at radius 2 is 2.24 bits per heavy atom. The summed E-state index contributed by atoms with van der Waals surface area (Å²) in [4.78, 5) is 14.2. The van der Waals surface area contributed by atoms with Crippen molar-refractivity contribution in [2.75, 3.05) is 38.3 Å². The minimum atomic E-state index is 0.00619. The molecule has 0 bridgehead atoms. The van der Waals surface area contributed by atoms with Gasteiger partial charge >= 0.3 is 0 Å². The highest BCUT2D eigenvalue weighted by atomic mass is 16.5. The predicted octanol–water partition coefficient (Wildman–Crippen LogP) is 2.34. The molecule has 5 heteroatoms. The number of nitrogens with one attached hydrogen (secondary N) is 1. The number of methoxy groups -OCH3 is 1. The molecular weight excluding hydrogens is 266 g/mol. The van der Waals surface area contributed by atoms with Gasteiger partial charge in [-0.15, -0.1) is 0 Å². The summed E-state index contributed by atoms with van der Waals surface area (Å²) < 4.78 is 5.08. The van der Waals surface area contributed by atoms with E-state index in [-0.39, 0.29) is 5.91 Å². The van der Waals surface area contributed by atoms with Crippen molar-refractivity contribution in [1.82, 2.24) is 4.90 Å². The Balaban J connectivity index is 1.71. The summed E-state index contributed by atoms with van der Waals surface area (Å²) in [5, 5.41) is 2.85. The van der Waals surface area contributed by atoms with Gasteiger partial charge in [0.1, 0.15) is 5.75 Å². The summed E-state index contributed by atoms with van der Waals surface area (Å²) >= 11 is 0. The normalized spacial score (nSPS) is 14.2. The average molecular weight is 291 g/mol. The van der Waals surface area contributed by atoms with Crippen LogP contribution in [-0.2, 0) is 4.79 Å². The molecule has 0 atom stereocenters. The van der Waals surface area contributed by atoms with Crippen LogP contribution in [0.3, 0.4) is 0 Å². The van der Waals surface area contributed by atoms with Crippen molar-refractivity contribution in [3.8, 4) is 5.75 Å². The first-order valence-corrected chi connectivity index (χ1v) is 7.50. The second kappa shape index (κ2) is 7.31. The number of benzene rings is 1. The lowest BCUT2D eigenvalue weighted by molar-refractivity contribution is -0.116. The van der Waals surface area contributed by atoms with Crippen LogP contribution < -0.4 is 15.8 Å². The zero-order chi connectivity index (χ0) is 15.2. The lowest BCUT2D eigenvalue weighted by Crippen LogP contribution is -2.23. The van der Waals surface area contributed by atoms with Crippen LogP contribution in [0.4, 0.5) is 11.4 Å². The molecule has 1 aliphatic carbocycles. The van der Waals surface area contributed by atoms with Crippen molar-refractivity contribution in [3.05, 3.63) is 18.2 Å². The maximum Gasteiger partial charge on any atom is 0.224 e. The van der Waals surface area contributed by atoms with Crippen LogP contribution in [0.5, 0.6) is 5.75 Å². The van der Waals surface area contributed by atoms with Crippen LogP contribution in [0.1, 0.15) is 25.7 Å². The fraction of sp³-hybridized carbons (Fsp3) is 0.562. The molecule has 0 heterocycles. The number of ether oxygens (including phenoxy) is 1. The molecule has 0 radical (unpaired) electrons. The van der Waals surface area contributed by atoms with Gasteiger partial charge in [-0.1, -0.05) is 0 Å². The second-order valence-corrected chi connectivity index (χ2v) is 5.81. The molecule has 0 unspecified atom stereocenters. The fourth-order valence-electron chi connectivity index (χ4n) is 2.34. The summed E-state index contributed by atoms with van der Waals surface area (Å²) in [6.45, 7) is 2.12. The van der Waals surface area contributed by atoms with Gasteiger partial charge in [0.05, 0.1) is 18.5 Å². The Morgan fingerprint density at radius 1 is 1.48 bits per heavy atom. The van der Waals surface area contributed by atoms with Crippen LogP contribution in [0.2, 0.25) is 0 Å². The van der Waals surface area contributed by atoms with E-state index < -0.39 is 0 Å². The zero-order valence-corrected chi connectivity index (χ0v) is 12.9.